The van der Waals surface area contributed by atoms with Crippen molar-refractivity contribution in [2.45, 2.75) is 32.4 Å². The Morgan fingerprint density at radius 1 is 1.14 bits per heavy atom. The van der Waals surface area contributed by atoms with Crippen LogP contribution >= 0.6 is 22.9 Å². The third kappa shape index (κ3) is 3.50. The molecule has 2 aromatic carbocycles. The largest absolute Gasteiger partial charge is 0.375 e. The maximum atomic E-state index is 13.4. The molecule has 1 N–H and O–H groups in total. The fraction of sp³-hybridized carbons (Fsp3) is 0.217. The average Bonchev–Trinajstić information content (AvgIpc) is 3.21. The van der Waals surface area contributed by atoms with Crippen LogP contribution in [0.25, 0.3) is 0 Å². The van der Waals surface area contributed by atoms with Crippen LogP contribution in [0.3, 0.4) is 0 Å². The first-order valence-electron chi connectivity index (χ1n) is 9.28. The number of hydrogen-bond donors (Lipinski definition) is 1. The average molecular weight is 426 g/mol. The van der Waals surface area contributed by atoms with Crippen molar-refractivity contribution in [3.63, 3.8) is 0 Å². The standard InChI is InChI=1S/C23H20ClNO3S/c1-14-7-8-15(2)16(11-14)13-25-18-6-4-3-5-17(18)23(28,22(25)27)12-19(26)20-9-10-21(24)29-20/h3-11,28H,12-13H2,1-2H3. The lowest BCUT2D eigenvalue weighted by atomic mass is 9.89. The van der Waals surface area contributed by atoms with E-state index in [0.29, 0.717) is 27.0 Å². The van der Waals surface area contributed by atoms with Crippen LogP contribution in [0, 0.1) is 13.8 Å². The minimum Gasteiger partial charge on any atom is -0.375 e. The molecular formula is C23H20ClNO3S. The van der Waals surface area contributed by atoms with Gasteiger partial charge in [0.2, 0.25) is 0 Å². The monoisotopic (exact) mass is 425 g/mol. The minimum atomic E-state index is -1.89. The van der Waals surface area contributed by atoms with E-state index in [1.54, 1.807) is 29.2 Å². The van der Waals surface area contributed by atoms with Crippen molar-refractivity contribution >= 4 is 40.3 Å². The Morgan fingerprint density at radius 2 is 1.90 bits per heavy atom. The number of anilines is 1. The van der Waals surface area contributed by atoms with Gasteiger partial charge >= 0.3 is 0 Å². The molecule has 3 aromatic rings. The van der Waals surface area contributed by atoms with E-state index < -0.39 is 11.5 Å². The van der Waals surface area contributed by atoms with E-state index in [1.807, 2.05) is 44.2 Å². The summed E-state index contributed by atoms with van der Waals surface area (Å²) in [6.07, 6.45) is -0.316. The first-order valence-corrected chi connectivity index (χ1v) is 10.5. The quantitative estimate of drug-likeness (QED) is 0.583. The van der Waals surface area contributed by atoms with Gasteiger partial charge in [-0.2, -0.15) is 0 Å². The minimum absolute atomic E-state index is 0.305. The van der Waals surface area contributed by atoms with E-state index in [1.165, 1.54) is 0 Å². The zero-order valence-electron chi connectivity index (χ0n) is 16.1. The maximum Gasteiger partial charge on any atom is 0.264 e. The number of para-hydroxylation sites is 1. The van der Waals surface area contributed by atoms with Crippen LogP contribution < -0.4 is 4.90 Å². The number of ketones is 1. The summed E-state index contributed by atoms with van der Waals surface area (Å²) in [4.78, 5) is 28.1. The lowest BCUT2D eigenvalue weighted by molar-refractivity contribution is -0.136. The number of aliphatic hydroxyl groups is 1. The zero-order chi connectivity index (χ0) is 20.8. The highest BCUT2D eigenvalue weighted by Gasteiger charge is 2.50. The molecule has 1 aromatic heterocycles. The van der Waals surface area contributed by atoms with Crippen LogP contribution in [-0.4, -0.2) is 16.8 Å². The molecular weight excluding hydrogens is 406 g/mol. The Kier molecular flexibility index (Phi) is 5.07. The molecule has 0 bridgehead atoms. The van der Waals surface area contributed by atoms with Crippen molar-refractivity contribution in [3.8, 4) is 0 Å². The topological polar surface area (TPSA) is 57.6 Å². The molecule has 0 saturated heterocycles. The molecule has 4 nitrogen and oxygen atoms in total. The predicted molar refractivity (Wildman–Crippen MR) is 116 cm³/mol. The smallest absolute Gasteiger partial charge is 0.264 e. The van der Waals surface area contributed by atoms with Crippen molar-refractivity contribution in [1.29, 1.82) is 0 Å². The number of carbonyl (C=O) groups excluding carboxylic acids is 2. The Hall–Kier alpha value is -2.47. The van der Waals surface area contributed by atoms with E-state index >= 15 is 0 Å². The molecule has 2 heterocycles. The number of benzene rings is 2. The molecule has 29 heavy (non-hydrogen) atoms. The van der Waals surface area contributed by atoms with E-state index in [9.17, 15) is 14.7 Å². The number of thiophene rings is 1. The Morgan fingerprint density at radius 3 is 2.62 bits per heavy atom. The molecule has 6 heteroatoms. The Bertz CT molecular complexity index is 1120. The highest BCUT2D eigenvalue weighted by atomic mass is 35.5. The third-order valence-electron chi connectivity index (χ3n) is 5.34. The second kappa shape index (κ2) is 7.41. The van der Waals surface area contributed by atoms with Gasteiger partial charge in [-0.25, -0.2) is 0 Å². The summed E-state index contributed by atoms with van der Waals surface area (Å²) in [5.74, 6) is -0.781. The van der Waals surface area contributed by atoms with Crippen LogP contribution in [0.4, 0.5) is 5.69 Å². The van der Waals surface area contributed by atoms with Crippen molar-refractivity contribution in [2.75, 3.05) is 4.90 Å². The molecule has 1 atom stereocenters. The number of amides is 1. The second-order valence-electron chi connectivity index (χ2n) is 7.40. The van der Waals surface area contributed by atoms with Gasteiger partial charge in [-0.15, -0.1) is 11.3 Å². The molecule has 0 saturated carbocycles. The van der Waals surface area contributed by atoms with Gasteiger partial charge < -0.3 is 10.0 Å². The predicted octanol–water partition coefficient (Wildman–Crippen LogP) is 5.03. The van der Waals surface area contributed by atoms with Gasteiger partial charge in [0.15, 0.2) is 11.4 Å². The summed E-state index contributed by atoms with van der Waals surface area (Å²) in [6.45, 7) is 4.34. The summed E-state index contributed by atoms with van der Waals surface area (Å²) in [7, 11) is 0. The van der Waals surface area contributed by atoms with E-state index in [2.05, 4.69) is 0 Å². The van der Waals surface area contributed by atoms with Gasteiger partial charge in [0.1, 0.15) is 0 Å². The maximum absolute atomic E-state index is 13.4. The third-order valence-corrected chi connectivity index (χ3v) is 6.61. The summed E-state index contributed by atoms with van der Waals surface area (Å²) in [6, 6.07) is 16.5. The van der Waals surface area contributed by atoms with Crippen molar-refractivity contribution in [3.05, 3.63) is 86.1 Å². The number of nitrogens with zero attached hydrogens (tertiary/aromatic N) is 1. The molecule has 4 rings (SSSR count). The van der Waals surface area contributed by atoms with Crippen LogP contribution in [0.15, 0.2) is 54.6 Å². The molecule has 1 amide bonds. The highest BCUT2D eigenvalue weighted by molar-refractivity contribution is 7.18. The van der Waals surface area contributed by atoms with Gasteiger partial charge in [0, 0.05) is 5.56 Å². The molecule has 1 aliphatic heterocycles. The van der Waals surface area contributed by atoms with Gasteiger partial charge in [0.25, 0.3) is 5.91 Å². The number of aryl methyl sites for hydroxylation is 2. The van der Waals surface area contributed by atoms with Gasteiger partial charge in [0.05, 0.1) is 27.9 Å². The summed E-state index contributed by atoms with van der Waals surface area (Å²) in [5, 5.41) is 11.4. The van der Waals surface area contributed by atoms with Crippen LogP contribution in [0.1, 0.15) is 38.3 Å². The first-order chi connectivity index (χ1) is 13.8. The number of rotatable bonds is 5. The summed E-state index contributed by atoms with van der Waals surface area (Å²) in [5.41, 5.74) is 2.39. The van der Waals surface area contributed by atoms with Crippen molar-refractivity contribution in [2.24, 2.45) is 0 Å². The zero-order valence-corrected chi connectivity index (χ0v) is 17.7. The lowest BCUT2D eigenvalue weighted by Gasteiger charge is -2.23. The van der Waals surface area contributed by atoms with Crippen LogP contribution in [0.5, 0.6) is 0 Å². The first kappa shape index (κ1) is 19.8. The molecule has 148 valence electrons. The fourth-order valence-corrected chi connectivity index (χ4v) is 4.74. The lowest BCUT2D eigenvalue weighted by Crippen LogP contribution is -2.41. The van der Waals surface area contributed by atoms with E-state index in [-0.39, 0.29) is 12.2 Å². The molecule has 0 spiro atoms. The number of carbonyl (C=O) groups is 2. The SMILES string of the molecule is Cc1ccc(C)c(CN2C(=O)C(O)(CC(=O)c3ccc(Cl)s3)c3ccccc32)c1. The molecule has 0 aliphatic carbocycles. The number of hydrogen-bond acceptors (Lipinski definition) is 4. The van der Waals surface area contributed by atoms with Crippen LogP contribution in [0.2, 0.25) is 4.34 Å². The normalized spacial score (nSPS) is 18.2. The van der Waals surface area contributed by atoms with Crippen molar-refractivity contribution < 1.29 is 14.7 Å². The van der Waals surface area contributed by atoms with E-state index in [4.69, 9.17) is 11.6 Å². The van der Waals surface area contributed by atoms with Gasteiger partial charge in [-0.1, -0.05) is 53.6 Å². The Balaban J connectivity index is 1.70. The van der Waals surface area contributed by atoms with Gasteiger partial charge in [-0.3, -0.25) is 9.59 Å². The molecule has 1 aliphatic rings. The molecule has 0 radical (unpaired) electrons. The highest BCUT2D eigenvalue weighted by Crippen LogP contribution is 2.44. The number of halogens is 1. The number of fused-ring (bicyclic) bond motifs is 1. The number of Topliss-reactive ketones (excluding diaryl/α,β-unsaturated/α-hetero) is 1. The Labute approximate surface area is 178 Å². The summed E-state index contributed by atoms with van der Waals surface area (Å²) < 4.78 is 0.495. The van der Waals surface area contributed by atoms with Gasteiger partial charge in [-0.05, 0) is 43.2 Å². The van der Waals surface area contributed by atoms with Crippen LogP contribution in [-0.2, 0) is 16.9 Å². The van der Waals surface area contributed by atoms with Crippen molar-refractivity contribution in [1.82, 2.24) is 0 Å². The molecule has 1 unspecified atom stereocenters. The fourth-order valence-electron chi connectivity index (χ4n) is 3.76. The second-order valence-corrected chi connectivity index (χ2v) is 9.12. The summed E-state index contributed by atoms with van der Waals surface area (Å²) >= 11 is 7.08. The molecule has 0 fully saturated rings. The van der Waals surface area contributed by atoms with E-state index in [0.717, 1.165) is 28.0 Å².